The number of benzene rings is 1. The Labute approximate surface area is 100 Å². The summed E-state index contributed by atoms with van der Waals surface area (Å²) in [5.74, 6) is 0.766. The van der Waals surface area contributed by atoms with Gasteiger partial charge in [-0.2, -0.15) is 4.98 Å². The third-order valence-corrected chi connectivity index (χ3v) is 3.47. The number of rotatable bonds is 3. The van der Waals surface area contributed by atoms with Crippen molar-refractivity contribution in [3.8, 4) is 0 Å². The monoisotopic (exact) mass is 231 g/mol. The van der Waals surface area contributed by atoms with E-state index in [1.807, 2.05) is 18.2 Å². The molecule has 0 amide bonds. The first kappa shape index (κ1) is 10.4. The highest BCUT2D eigenvalue weighted by molar-refractivity contribution is 5.86. The minimum absolute atomic E-state index is 0.588. The molecule has 1 fully saturated rings. The van der Waals surface area contributed by atoms with Crippen molar-refractivity contribution >= 4 is 22.8 Å². The third kappa shape index (κ3) is 2.07. The average molecular weight is 231 g/mol. The molecule has 4 nitrogen and oxygen atoms in total. The molecular weight excluding hydrogens is 214 g/mol. The van der Waals surface area contributed by atoms with E-state index >= 15 is 0 Å². The van der Waals surface area contributed by atoms with Gasteiger partial charge in [0, 0.05) is 6.54 Å². The quantitative estimate of drug-likeness (QED) is 0.797. The van der Waals surface area contributed by atoms with E-state index in [4.69, 9.17) is 10.2 Å². The van der Waals surface area contributed by atoms with Gasteiger partial charge in [-0.1, -0.05) is 18.9 Å². The number of hydrogen-bond acceptors (Lipinski definition) is 4. The van der Waals surface area contributed by atoms with Crippen LogP contribution in [0.2, 0.25) is 0 Å². The number of para-hydroxylation sites is 1. The Morgan fingerprint density at radius 3 is 2.94 bits per heavy atom. The first-order valence-corrected chi connectivity index (χ1v) is 6.22. The van der Waals surface area contributed by atoms with Crippen LogP contribution in [0.3, 0.4) is 0 Å². The van der Waals surface area contributed by atoms with E-state index in [9.17, 15) is 0 Å². The lowest BCUT2D eigenvalue weighted by Gasteiger charge is -2.07. The number of nitrogens with one attached hydrogen (secondary N) is 1. The molecule has 3 N–H and O–H groups in total. The van der Waals surface area contributed by atoms with E-state index in [1.54, 1.807) is 0 Å². The van der Waals surface area contributed by atoms with Gasteiger partial charge in [-0.15, -0.1) is 0 Å². The van der Waals surface area contributed by atoms with E-state index in [1.165, 1.54) is 25.7 Å². The highest BCUT2D eigenvalue weighted by atomic mass is 16.4. The van der Waals surface area contributed by atoms with Crippen LogP contribution in [0.4, 0.5) is 11.7 Å². The van der Waals surface area contributed by atoms with Crippen LogP contribution in [0.25, 0.3) is 11.1 Å². The van der Waals surface area contributed by atoms with E-state index in [2.05, 4.69) is 10.3 Å². The van der Waals surface area contributed by atoms with E-state index < -0.39 is 0 Å². The Kier molecular flexibility index (Phi) is 2.63. The predicted octanol–water partition coefficient (Wildman–Crippen LogP) is 3.01. The predicted molar refractivity (Wildman–Crippen MR) is 68.9 cm³/mol. The summed E-state index contributed by atoms with van der Waals surface area (Å²) in [4.78, 5) is 4.37. The van der Waals surface area contributed by atoms with E-state index in [-0.39, 0.29) is 0 Å². The van der Waals surface area contributed by atoms with Crippen molar-refractivity contribution in [2.75, 3.05) is 17.6 Å². The molecule has 1 aromatic carbocycles. The van der Waals surface area contributed by atoms with Gasteiger partial charge < -0.3 is 15.5 Å². The van der Waals surface area contributed by atoms with Crippen molar-refractivity contribution in [3.63, 3.8) is 0 Å². The fourth-order valence-electron chi connectivity index (χ4n) is 2.49. The van der Waals surface area contributed by atoms with Gasteiger partial charge in [0.25, 0.3) is 6.01 Å². The molecule has 1 aromatic heterocycles. The summed E-state index contributed by atoms with van der Waals surface area (Å²) in [7, 11) is 0. The second-order valence-corrected chi connectivity index (χ2v) is 4.74. The van der Waals surface area contributed by atoms with Crippen LogP contribution >= 0.6 is 0 Å². The maximum atomic E-state index is 5.84. The second-order valence-electron chi connectivity index (χ2n) is 4.74. The van der Waals surface area contributed by atoms with Gasteiger partial charge in [-0.05, 0) is 30.9 Å². The fraction of sp³-hybridized carbons (Fsp3) is 0.462. The summed E-state index contributed by atoms with van der Waals surface area (Å²) >= 11 is 0. The standard InChI is InChI=1S/C13H17N3O/c14-10-6-3-7-11-12(10)16-13(17-11)15-8-9-4-1-2-5-9/h3,6-7,9H,1-2,4-5,8,14H2,(H,15,16). The van der Waals surface area contributed by atoms with Gasteiger partial charge in [0.2, 0.25) is 0 Å². The summed E-state index contributed by atoms with van der Waals surface area (Å²) < 4.78 is 5.61. The maximum Gasteiger partial charge on any atom is 0.295 e. The molecule has 1 heterocycles. The Hall–Kier alpha value is -1.71. The largest absolute Gasteiger partial charge is 0.423 e. The topological polar surface area (TPSA) is 64.1 Å². The number of hydrogen-bond donors (Lipinski definition) is 2. The lowest BCUT2D eigenvalue weighted by atomic mass is 10.1. The van der Waals surface area contributed by atoms with Crippen molar-refractivity contribution in [2.45, 2.75) is 25.7 Å². The van der Waals surface area contributed by atoms with Crippen molar-refractivity contribution in [1.29, 1.82) is 0 Å². The molecule has 4 heteroatoms. The number of aromatic nitrogens is 1. The van der Waals surface area contributed by atoms with Crippen LogP contribution in [0.1, 0.15) is 25.7 Å². The van der Waals surface area contributed by atoms with Crippen LogP contribution in [-0.4, -0.2) is 11.5 Å². The highest BCUT2D eigenvalue weighted by Gasteiger charge is 2.15. The molecule has 1 aliphatic carbocycles. The van der Waals surface area contributed by atoms with Gasteiger partial charge in [0.1, 0.15) is 5.52 Å². The van der Waals surface area contributed by atoms with Crippen LogP contribution in [0.15, 0.2) is 22.6 Å². The first-order valence-electron chi connectivity index (χ1n) is 6.22. The lowest BCUT2D eigenvalue weighted by Crippen LogP contribution is -2.10. The number of oxazole rings is 1. The lowest BCUT2D eigenvalue weighted by molar-refractivity contribution is 0.553. The van der Waals surface area contributed by atoms with Gasteiger partial charge in [-0.25, -0.2) is 0 Å². The second kappa shape index (κ2) is 4.28. The fourth-order valence-corrected chi connectivity index (χ4v) is 2.49. The summed E-state index contributed by atoms with van der Waals surface area (Å²) in [6.07, 6.45) is 5.34. The van der Waals surface area contributed by atoms with Crippen molar-refractivity contribution in [2.24, 2.45) is 5.92 Å². The molecule has 0 aliphatic heterocycles. The van der Waals surface area contributed by atoms with Gasteiger partial charge >= 0.3 is 0 Å². The summed E-state index contributed by atoms with van der Waals surface area (Å²) in [5, 5.41) is 3.27. The molecule has 0 unspecified atom stereocenters. The molecule has 1 saturated carbocycles. The molecule has 0 bridgehead atoms. The molecule has 0 radical (unpaired) electrons. The average Bonchev–Trinajstić information content (AvgIpc) is 2.95. The summed E-state index contributed by atoms with van der Waals surface area (Å²) in [6, 6.07) is 6.19. The molecule has 0 atom stereocenters. The molecular formula is C13H17N3O. The minimum atomic E-state index is 0.588. The Balaban J connectivity index is 1.74. The van der Waals surface area contributed by atoms with E-state index in [0.717, 1.165) is 23.6 Å². The number of nitrogens with zero attached hydrogens (tertiary/aromatic N) is 1. The first-order chi connectivity index (χ1) is 8.33. The molecule has 90 valence electrons. The minimum Gasteiger partial charge on any atom is -0.423 e. The zero-order chi connectivity index (χ0) is 11.7. The van der Waals surface area contributed by atoms with Crippen molar-refractivity contribution in [1.82, 2.24) is 4.98 Å². The molecule has 1 aliphatic rings. The van der Waals surface area contributed by atoms with E-state index in [0.29, 0.717) is 11.7 Å². The molecule has 0 spiro atoms. The Bertz CT molecular complexity index is 514. The normalized spacial score (nSPS) is 16.7. The highest BCUT2D eigenvalue weighted by Crippen LogP contribution is 2.27. The molecule has 0 saturated heterocycles. The number of fused-ring (bicyclic) bond motifs is 1. The van der Waals surface area contributed by atoms with Gasteiger partial charge in [-0.3, -0.25) is 0 Å². The van der Waals surface area contributed by atoms with Crippen LogP contribution in [-0.2, 0) is 0 Å². The van der Waals surface area contributed by atoms with Crippen molar-refractivity contribution < 1.29 is 4.42 Å². The number of nitrogens with two attached hydrogens (primary N) is 1. The SMILES string of the molecule is Nc1cccc2oc(NCC3CCCC3)nc12. The Morgan fingerprint density at radius 1 is 1.35 bits per heavy atom. The third-order valence-electron chi connectivity index (χ3n) is 3.47. The smallest absolute Gasteiger partial charge is 0.295 e. The number of nitrogen functional groups attached to an aromatic ring is 1. The molecule has 17 heavy (non-hydrogen) atoms. The maximum absolute atomic E-state index is 5.84. The van der Waals surface area contributed by atoms with Crippen molar-refractivity contribution in [3.05, 3.63) is 18.2 Å². The number of anilines is 2. The van der Waals surface area contributed by atoms with Crippen LogP contribution in [0.5, 0.6) is 0 Å². The molecule has 2 aromatic rings. The zero-order valence-corrected chi connectivity index (χ0v) is 9.78. The van der Waals surface area contributed by atoms with Crippen LogP contribution in [0, 0.1) is 5.92 Å². The van der Waals surface area contributed by atoms with Gasteiger partial charge in [0.05, 0.1) is 5.69 Å². The molecule has 3 rings (SSSR count). The zero-order valence-electron chi connectivity index (χ0n) is 9.78. The van der Waals surface area contributed by atoms with Crippen LogP contribution < -0.4 is 11.1 Å². The summed E-state index contributed by atoms with van der Waals surface area (Å²) in [6.45, 7) is 0.951. The van der Waals surface area contributed by atoms with Gasteiger partial charge in [0.15, 0.2) is 5.58 Å². The Morgan fingerprint density at radius 2 is 2.18 bits per heavy atom. The summed E-state index contributed by atoms with van der Waals surface area (Å²) in [5.41, 5.74) is 8.00.